The lowest BCUT2D eigenvalue weighted by atomic mass is 9.92. The minimum absolute atomic E-state index is 0.0902. The van der Waals surface area contributed by atoms with Crippen molar-refractivity contribution in [3.63, 3.8) is 0 Å². The van der Waals surface area contributed by atoms with E-state index in [1.54, 1.807) is 11.7 Å². The lowest BCUT2D eigenvalue weighted by Gasteiger charge is -2.13. The molecule has 0 unspecified atom stereocenters. The van der Waals surface area contributed by atoms with E-state index < -0.39 is 0 Å². The van der Waals surface area contributed by atoms with Gasteiger partial charge in [-0.25, -0.2) is 0 Å². The number of hydrogen-bond acceptors (Lipinski definition) is 3. The van der Waals surface area contributed by atoms with Gasteiger partial charge in [0, 0.05) is 24.2 Å². The van der Waals surface area contributed by atoms with Crippen LogP contribution in [0.3, 0.4) is 0 Å². The highest BCUT2D eigenvalue weighted by Crippen LogP contribution is 2.23. The van der Waals surface area contributed by atoms with Crippen LogP contribution < -0.4 is 10.1 Å². The second kappa shape index (κ2) is 6.44. The average molecular weight is 315 g/mol. The number of carbonyl (C=O) groups excluding carboxylic acids is 1. The van der Waals surface area contributed by atoms with Gasteiger partial charge in [0.15, 0.2) is 0 Å². The van der Waals surface area contributed by atoms with Crippen molar-refractivity contribution in [2.45, 2.75) is 46.1 Å². The highest BCUT2D eigenvalue weighted by molar-refractivity contribution is 6.03. The summed E-state index contributed by atoms with van der Waals surface area (Å²) in [6.07, 6.45) is 0.0902. The van der Waals surface area contributed by atoms with Gasteiger partial charge in [-0.15, -0.1) is 0 Å². The molecule has 0 saturated carbocycles. The zero-order valence-corrected chi connectivity index (χ0v) is 14.7. The van der Waals surface area contributed by atoms with Gasteiger partial charge < -0.3 is 10.1 Å². The fraction of sp³-hybridized carbons (Fsp3) is 0.444. The molecule has 0 saturated heterocycles. The van der Waals surface area contributed by atoms with Crippen LogP contribution in [-0.4, -0.2) is 21.8 Å². The maximum Gasteiger partial charge on any atom is 0.273 e. The van der Waals surface area contributed by atoms with Gasteiger partial charge in [0.1, 0.15) is 11.4 Å². The Morgan fingerprint density at radius 1 is 1.26 bits per heavy atom. The first-order chi connectivity index (χ1) is 10.7. The summed E-state index contributed by atoms with van der Waals surface area (Å²) in [5.41, 5.74) is 2.03. The molecule has 1 amide bonds. The Kier molecular flexibility index (Phi) is 4.78. The van der Waals surface area contributed by atoms with Crippen molar-refractivity contribution in [3.05, 3.63) is 41.7 Å². The number of nitrogens with one attached hydrogen (secondary N) is 1. The molecule has 5 nitrogen and oxygen atoms in total. The molecule has 2 rings (SSSR count). The highest BCUT2D eigenvalue weighted by atomic mass is 16.5. The number of amides is 1. The van der Waals surface area contributed by atoms with Crippen LogP contribution in [0.15, 0.2) is 30.3 Å². The third kappa shape index (κ3) is 4.34. The van der Waals surface area contributed by atoms with E-state index in [0.29, 0.717) is 11.4 Å². The van der Waals surface area contributed by atoms with Gasteiger partial charge in [-0.1, -0.05) is 26.8 Å². The summed E-state index contributed by atoms with van der Waals surface area (Å²) in [4.78, 5) is 12.5. The van der Waals surface area contributed by atoms with Gasteiger partial charge in [0.2, 0.25) is 0 Å². The normalized spacial score (nSPS) is 11.6. The van der Waals surface area contributed by atoms with E-state index in [-0.39, 0.29) is 17.4 Å². The van der Waals surface area contributed by atoms with Crippen molar-refractivity contribution < 1.29 is 9.53 Å². The largest absolute Gasteiger partial charge is 0.491 e. The van der Waals surface area contributed by atoms with Crippen LogP contribution in [0, 0.1) is 0 Å². The molecular weight excluding hydrogens is 290 g/mol. The predicted molar refractivity (Wildman–Crippen MR) is 92.1 cm³/mol. The van der Waals surface area contributed by atoms with E-state index in [1.165, 1.54) is 0 Å². The molecule has 0 aliphatic carbocycles. The first-order valence-electron chi connectivity index (χ1n) is 7.79. The van der Waals surface area contributed by atoms with Crippen LogP contribution in [0.5, 0.6) is 5.75 Å². The van der Waals surface area contributed by atoms with E-state index in [1.807, 2.05) is 44.2 Å². The van der Waals surface area contributed by atoms with Crippen LogP contribution >= 0.6 is 0 Å². The third-order valence-corrected chi connectivity index (χ3v) is 3.34. The molecule has 0 fully saturated rings. The Bertz CT molecular complexity index is 697. The first-order valence-corrected chi connectivity index (χ1v) is 7.79. The number of anilines is 1. The molecule has 1 heterocycles. The fourth-order valence-electron chi connectivity index (χ4n) is 2.16. The summed E-state index contributed by atoms with van der Waals surface area (Å²) in [5, 5.41) is 7.33. The molecule has 0 aliphatic rings. The maximum absolute atomic E-state index is 12.5. The minimum atomic E-state index is -0.183. The van der Waals surface area contributed by atoms with Gasteiger partial charge in [-0.05, 0) is 32.0 Å². The van der Waals surface area contributed by atoms with Crippen LogP contribution in [0.1, 0.15) is 50.8 Å². The maximum atomic E-state index is 12.5. The average Bonchev–Trinajstić information content (AvgIpc) is 2.80. The standard InChI is InChI=1S/C18H25N3O2/c1-12(2)23-14-9-7-8-13(10-14)19-17(22)15-11-16(18(3,4)5)20-21(15)6/h7-12H,1-6H3,(H,19,22). The molecule has 0 spiro atoms. The second-order valence-corrected chi connectivity index (χ2v) is 6.94. The number of aryl methyl sites for hydroxylation is 1. The highest BCUT2D eigenvalue weighted by Gasteiger charge is 2.21. The van der Waals surface area contributed by atoms with Crippen molar-refractivity contribution in [1.29, 1.82) is 0 Å². The Balaban J connectivity index is 2.18. The number of carbonyl (C=O) groups is 1. The van der Waals surface area contributed by atoms with E-state index in [9.17, 15) is 4.79 Å². The van der Waals surface area contributed by atoms with Crippen molar-refractivity contribution in [2.24, 2.45) is 7.05 Å². The molecule has 23 heavy (non-hydrogen) atoms. The summed E-state index contributed by atoms with van der Waals surface area (Å²) >= 11 is 0. The smallest absolute Gasteiger partial charge is 0.273 e. The third-order valence-electron chi connectivity index (χ3n) is 3.34. The van der Waals surface area contributed by atoms with Crippen LogP contribution in [0.2, 0.25) is 0 Å². The molecule has 5 heteroatoms. The molecule has 0 aliphatic heterocycles. The fourth-order valence-corrected chi connectivity index (χ4v) is 2.16. The summed E-state index contributed by atoms with van der Waals surface area (Å²) < 4.78 is 7.26. The van der Waals surface area contributed by atoms with Crippen LogP contribution in [0.4, 0.5) is 5.69 Å². The Morgan fingerprint density at radius 2 is 1.96 bits per heavy atom. The van der Waals surface area contributed by atoms with Crippen molar-refractivity contribution >= 4 is 11.6 Å². The lowest BCUT2D eigenvalue weighted by Crippen LogP contribution is -2.16. The number of nitrogens with zero attached hydrogens (tertiary/aromatic N) is 2. The molecule has 124 valence electrons. The quantitative estimate of drug-likeness (QED) is 0.934. The molecule has 1 aromatic carbocycles. The summed E-state index contributed by atoms with van der Waals surface area (Å²) in [7, 11) is 1.78. The number of ether oxygens (including phenoxy) is 1. The molecule has 0 bridgehead atoms. The van der Waals surface area contributed by atoms with E-state index in [4.69, 9.17) is 4.74 Å². The molecule has 0 atom stereocenters. The Labute approximate surface area is 137 Å². The number of aromatic nitrogens is 2. The van der Waals surface area contributed by atoms with E-state index in [0.717, 1.165) is 11.4 Å². The van der Waals surface area contributed by atoms with Gasteiger partial charge >= 0.3 is 0 Å². The number of rotatable bonds is 4. The summed E-state index contributed by atoms with van der Waals surface area (Å²) in [5.74, 6) is 0.551. The first kappa shape index (κ1) is 17.1. The monoisotopic (exact) mass is 315 g/mol. The van der Waals surface area contributed by atoms with E-state index in [2.05, 4.69) is 31.2 Å². The molecule has 1 aromatic heterocycles. The van der Waals surface area contributed by atoms with Gasteiger partial charge in [0.05, 0.1) is 11.8 Å². The van der Waals surface area contributed by atoms with Crippen molar-refractivity contribution in [1.82, 2.24) is 9.78 Å². The molecular formula is C18H25N3O2. The second-order valence-electron chi connectivity index (χ2n) is 6.94. The molecule has 1 N–H and O–H groups in total. The van der Waals surface area contributed by atoms with Crippen LogP contribution in [-0.2, 0) is 12.5 Å². The SMILES string of the molecule is CC(C)Oc1cccc(NC(=O)c2cc(C(C)(C)C)nn2C)c1. The summed E-state index contributed by atoms with van der Waals surface area (Å²) in [6, 6.07) is 9.23. The van der Waals surface area contributed by atoms with Gasteiger partial charge in [-0.2, -0.15) is 5.10 Å². The summed E-state index contributed by atoms with van der Waals surface area (Å²) in [6.45, 7) is 10.2. The Hall–Kier alpha value is -2.30. The zero-order chi connectivity index (χ0) is 17.2. The van der Waals surface area contributed by atoms with Crippen molar-refractivity contribution in [2.75, 3.05) is 5.32 Å². The van der Waals surface area contributed by atoms with E-state index >= 15 is 0 Å². The predicted octanol–water partition coefficient (Wildman–Crippen LogP) is 3.76. The minimum Gasteiger partial charge on any atom is -0.491 e. The molecule has 2 aromatic rings. The number of hydrogen-bond donors (Lipinski definition) is 1. The lowest BCUT2D eigenvalue weighted by molar-refractivity contribution is 0.101. The van der Waals surface area contributed by atoms with Gasteiger partial charge in [-0.3, -0.25) is 9.48 Å². The molecule has 0 radical (unpaired) electrons. The number of benzene rings is 1. The van der Waals surface area contributed by atoms with Crippen LogP contribution in [0.25, 0.3) is 0 Å². The zero-order valence-electron chi connectivity index (χ0n) is 14.7. The topological polar surface area (TPSA) is 56.1 Å². The van der Waals surface area contributed by atoms with Crippen molar-refractivity contribution in [3.8, 4) is 5.75 Å². The van der Waals surface area contributed by atoms with Gasteiger partial charge in [0.25, 0.3) is 5.91 Å². The Morgan fingerprint density at radius 3 is 2.52 bits per heavy atom.